The lowest BCUT2D eigenvalue weighted by molar-refractivity contribution is -0.122. The Kier molecular flexibility index (Phi) is 8.00. The van der Waals surface area contributed by atoms with Crippen LogP contribution in [-0.4, -0.2) is 32.7 Å². The van der Waals surface area contributed by atoms with E-state index in [1.54, 1.807) is 0 Å². The molecule has 0 aromatic heterocycles. The maximum atomic E-state index is 12.3. The van der Waals surface area contributed by atoms with E-state index in [0.717, 1.165) is 32.1 Å². The summed E-state index contributed by atoms with van der Waals surface area (Å²) in [5, 5.41) is 3.04. The average Bonchev–Trinajstić information content (AvgIpc) is 2.68. The Labute approximate surface area is 174 Å². The van der Waals surface area contributed by atoms with Gasteiger partial charge in [-0.15, -0.1) is 0 Å². The fourth-order valence-electron chi connectivity index (χ4n) is 3.86. The molecule has 2 N–H and O–H groups in total. The monoisotopic (exact) mass is 422 g/mol. The zero-order chi connectivity index (χ0) is 21.7. The number of carbonyl (C=O) groups is 2. The molecule has 29 heavy (non-hydrogen) atoms. The lowest BCUT2D eigenvalue weighted by atomic mass is 9.69. The SMILES string of the molecule is CCC(C)(C)C1CCC(NC(=O)CCNS(=O)(=O)c2ccc(C(C)=O)cc2)CC1. The molecule has 6 nitrogen and oxygen atoms in total. The van der Waals surface area contributed by atoms with Gasteiger partial charge in [-0.25, -0.2) is 13.1 Å². The standard InChI is InChI=1S/C22H34N2O4S/c1-5-22(3,4)18-8-10-19(11-9-18)24-21(26)14-15-23-29(27,28)20-12-6-17(7-13-20)16(2)25/h6-7,12-13,18-19,23H,5,8-11,14-15H2,1-4H3,(H,24,26). The molecule has 1 fully saturated rings. The number of nitrogens with one attached hydrogen (secondary N) is 2. The van der Waals surface area contributed by atoms with Gasteiger partial charge in [-0.05, 0) is 56.1 Å². The minimum absolute atomic E-state index is 0.0425. The van der Waals surface area contributed by atoms with Gasteiger partial charge in [0.15, 0.2) is 5.78 Å². The summed E-state index contributed by atoms with van der Waals surface area (Å²) in [6, 6.07) is 5.95. The third kappa shape index (κ3) is 6.64. The Hall–Kier alpha value is -1.73. The minimum Gasteiger partial charge on any atom is -0.353 e. The van der Waals surface area contributed by atoms with Gasteiger partial charge in [-0.1, -0.05) is 39.3 Å². The van der Waals surface area contributed by atoms with Crippen LogP contribution < -0.4 is 10.0 Å². The summed E-state index contributed by atoms with van der Waals surface area (Å²) >= 11 is 0. The average molecular weight is 423 g/mol. The topological polar surface area (TPSA) is 92.3 Å². The van der Waals surface area contributed by atoms with E-state index in [9.17, 15) is 18.0 Å². The number of ketones is 1. The number of Topliss-reactive ketones (excluding diaryl/α,β-unsaturated/α-hetero) is 1. The van der Waals surface area contributed by atoms with Crippen LogP contribution in [-0.2, 0) is 14.8 Å². The number of benzene rings is 1. The normalized spacial score (nSPS) is 20.3. The van der Waals surface area contributed by atoms with Crippen molar-refractivity contribution in [2.24, 2.45) is 11.3 Å². The van der Waals surface area contributed by atoms with Crippen molar-refractivity contribution in [3.63, 3.8) is 0 Å². The molecule has 1 aliphatic carbocycles. The zero-order valence-electron chi connectivity index (χ0n) is 18.0. The van der Waals surface area contributed by atoms with Gasteiger partial charge in [-0.3, -0.25) is 9.59 Å². The first-order valence-electron chi connectivity index (χ1n) is 10.4. The Balaban J connectivity index is 1.76. The molecule has 0 aliphatic heterocycles. The summed E-state index contributed by atoms with van der Waals surface area (Å²) in [6.07, 6.45) is 5.46. The second-order valence-corrected chi connectivity index (χ2v) is 10.5. The lowest BCUT2D eigenvalue weighted by Gasteiger charge is -2.39. The number of amides is 1. The predicted octanol–water partition coefficient (Wildman–Crippen LogP) is 3.67. The highest BCUT2D eigenvalue weighted by Gasteiger charge is 2.32. The maximum absolute atomic E-state index is 12.3. The molecule has 162 valence electrons. The molecule has 1 aromatic rings. The molecule has 1 amide bonds. The Morgan fingerprint density at radius 3 is 2.17 bits per heavy atom. The molecule has 0 unspecified atom stereocenters. The fourth-order valence-corrected chi connectivity index (χ4v) is 4.89. The number of sulfonamides is 1. The van der Waals surface area contributed by atoms with Gasteiger partial charge >= 0.3 is 0 Å². The van der Waals surface area contributed by atoms with E-state index >= 15 is 0 Å². The van der Waals surface area contributed by atoms with Crippen molar-refractivity contribution in [2.45, 2.75) is 77.2 Å². The van der Waals surface area contributed by atoms with Crippen molar-refractivity contribution < 1.29 is 18.0 Å². The fraction of sp³-hybridized carbons (Fsp3) is 0.636. The molecule has 0 atom stereocenters. The molecule has 0 bridgehead atoms. The number of hydrogen-bond donors (Lipinski definition) is 2. The van der Waals surface area contributed by atoms with Gasteiger partial charge in [0.2, 0.25) is 15.9 Å². The molecule has 1 aromatic carbocycles. The van der Waals surface area contributed by atoms with Gasteiger partial charge in [0.05, 0.1) is 4.90 Å². The first-order chi connectivity index (χ1) is 13.5. The number of hydrogen-bond acceptors (Lipinski definition) is 4. The van der Waals surface area contributed by atoms with Gasteiger partial charge in [0.1, 0.15) is 0 Å². The minimum atomic E-state index is -3.70. The Morgan fingerprint density at radius 2 is 1.66 bits per heavy atom. The summed E-state index contributed by atoms with van der Waals surface area (Å²) in [6.45, 7) is 8.33. The first kappa shape index (κ1) is 23.5. The van der Waals surface area contributed by atoms with Crippen molar-refractivity contribution in [2.75, 3.05) is 6.54 Å². The van der Waals surface area contributed by atoms with Crippen LogP contribution in [0, 0.1) is 11.3 Å². The van der Waals surface area contributed by atoms with E-state index in [-0.39, 0.29) is 35.6 Å². The third-order valence-corrected chi connectivity index (χ3v) is 7.80. The molecule has 0 spiro atoms. The number of rotatable bonds is 9. The molecule has 1 saturated carbocycles. The lowest BCUT2D eigenvalue weighted by Crippen LogP contribution is -2.41. The third-order valence-electron chi connectivity index (χ3n) is 6.32. The van der Waals surface area contributed by atoms with E-state index in [4.69, 9.17) is 0 Å². The van der Waals surface area contributed by atoms with Crippen LogP contribution in [0.5, 0.6) is 0 Å². The quantitative estimate of drug-likeness (QED) is 0.594. The molecule has 0 radical (unpaired) electrons. The van der Waals surface area contributed by atoms with E-state index in [1.165, 1.54) is 31.2 Å². The molecule has 1 aliphatic rings. The van der Waals surface area contributed by atoms with Crippen molar-refractivity contribution >= 4 is 21.7 Å². The molecule has 7 heteroatoms. The molecule has 2 rings (SSSR count). The molecular formula is C22H34N2O4S. The first-order valence-corrected chi connectivity index (χ1v) is 11.9. The van der Waals surface area contributed by atoms with Crippen molar-refractivity contribution in [3.05, 3.63) is 29.8 Å². The Morgan fingerprint density at radius 1 is 1.07 bits per heavy atom. The largest absolute Gasteiger partial charge is 0.353 e. The van der Waals surface area contributed by atoms with Crippen molar-refractivity contribution in [1.82, 2.24) is 10.0 Å². The van der Waals surface area contributed by atoms with E-state index in [2.05, 4.69) is 30.8 Å². The van der Waals surface area contributed by atoms with Crippen LogP contribution in [0.4, 0.5) is 0 Å². The van der Waals surface area contributed by atoms with Crippen LogP contribution in [0.3, 0.4) is 0 Å². The summed E-state index contributed by atoms with van der Waals surface area (Å²) in [5.41, 5.74) is 0.802. The van der Waals surface area contributed by atoms with Crippen LogP contribution >= 0.6 is 0 Å². The molecule has 0 heterocycles. The summed E-state index contributed by atoms with van der Waals surface area (Å²) in [7, 11) is -3.70. The van der Waals surface area contributed by atoms with E-state index < -0.39 is 10.0 Å². The van der Waals surface area contributed by atoms with Crippen LogP contribution in [0.15, 0.2) is 29.2 Å². The highest BCUT2D eigenvalue weighted by Crippen LogP contribution is 2.40. The van der Waals surface area contributed by atoms with Crippen LogP contribution in [0.1, 0.15) is 76.6 Å². The van der Waals surface area contributed by atoms with Crippen LogP contribution in [0.25, 0.3) is 0 Å². The van der Waals surface area contributed by atoms with Gasteiger partial charge in [0.25, 0.3) is 0 Å². The maximum Gasteiger partial charge on any atom is 0.240 e. The summed E-state index contributed by atoms with van der Waals surface area (Å²) in [4.78, 5) is 23.6. The van der Waals surface area contributed by atoms with Gasteiger partial charge in [-0.2, -0.15) is 0 Å². The van der Waals surface area contributed by atoms with Gasteiger partial charge < -0.3 is 5.32 Å². The van der Waals surface area contributed by atoms with Gasteiger partial charge in [0, 0.05) is 24.6 Å². The highest BCUT2D eigenvalue weighted by molar-refractivity contribution is 7.89. The Bertz CT molecular complexity index is 808. The zero-order valence-corrected chi connectivity index (χ0v) is 18.8. The summed E-state index contributed by atoms with van der Waals surface area (Å²) < 4.78 is 27.1. The van der Waals surface area contributed by atoms with Crippen LogP contribution in [0.2, 0.25) is 0 Å². The summed E-state index contributed by atoms with van der Waals surface area (Å²) in [5.74, 6) is 0.450. The van der Waals surface area contributed by atoms with E-state index in [0.29, 0.717) is 16.9 Å². The second kappa shape index (κ2) is 9.85. The number of carbonyl (C=O) groups excluding carboxylic acids is 2. The van der Waals surface area contributed by atoms with E-state index in [1.807, 2.05) is 0 Å². The van der Waals surface area contributed by atoms with Crippen molar-refractivity contribution in [3.8, 4) is 0 Å². The van der Waals surface area contributed by atoms with Crippen molar-refractivity contribution in [1.29, 1.82) is 0 Å². The molecule has 0 saturated heterocycles. The smallest absolute Gasteiger partial charge is 0.240 e. The highest BCUT2D eigenvalue weighted by atomic mass is 32.2. The second-order valence-electron chi connectivity index (χ2n) is 8.69. The molecular weight excluding hydrogens is 388 g/mol. The predicted molar refractivity (Wildman–Crippen MR) is 114 cm³/mol.